The molecule has 9 heteroatoms. The first-order chi connectivity index (χ1) is 15.2. The SMILES string of the molecule is COc1ccccc1NS(=O)(=O)c1cc(NC(=O)c2cccc(NC(C)=O)c2)ccc1C. The van der Waals surface area contributed by atoms with Crippen LogP contribution in [0.15, 0.2) is 71.6 Å². The number of rotatable bonds is 7. The summed E-state index contributed by atoms with van der Waals surface area (Å²) >= 11 is 0. The quantitative estimate of drug-likeness (QED) is 0.500. The van der Waals surface area contributed by atoms with Gasteiger partial charge >= 0.3 is 0 Å². The molecule has 3 N–H and O–H groups in total. The minimum atomic E-state index is -3.95. The molecule has 0 bridgehead atoms. The lowest BCUT2D eigenvalue weighted by Crippen LogP contribution is -2.17. The number of nitrogens with one attached hydrogen (secondary N) is 3. The summed E-state index contributed by atoms with van der Waals surface area (Å²) in [6.45, 7) is 3.04. The lowest BCUT2D eigenvalue weighted by molar-refractivity contribution is -0.114. The zero-order valence-electron chi connectivity index (χ0n) is 17.8. The van der Waals surface area contributed by atoms with Crippen LogP contribution >= 0.6 is 0 Å². The molecule has 3 aromatic rings. The summed E-state index contributed by atoms with van der Waals surface area (Å²) in [4.78, 5) is 23.9. The topological polar surface area (TPSA) is 114 Å². The molecule has 0 saturated heterocycles. The summed E-state index contributed by atoms with van der Waals surface area (Å²) in [7, 11) is -2.49. The van der Waals surface area contributed by atoms with Crippen molar-refractivity contribution in [1.82, 2.24) is 0 Å². The maximum absolute atomic E-state index is 13.0. The predicted molar refractivity (Wildman–Crippen MR) is 124 cm³/mol. The van der Waals surface area contributed by atoms with E-state index in [9.17, 15) is 18.0 Å². The fourth-order valence-corrected chi connectivity index (χ4v) is 4.38. The highest BCUT2D eigenvalue weighted by atomic mass is 32.2. The molecule has 2 amide bonds. The Morgan fingerprint density at radius 2 is 1.59 bits per heavy atom. The molecule has 0 unspecified atom stereocenters. The van der Waals surface area contributed by atoms with Gasteiger partial charge in [0.1, 0.15) is 5.75 Å². The van der Waals surface area contributed by atoms with E-state index in [1.807, 2.05) is 0 Å². The van der Waals surface area contributed by atoms with Crippen molar-refractivity contribution in [3.05, 3.63) is 77.9 Å². The standard InChI is InChI=1S/C23H23N3O5S/c1-15-11-12-19(25-23(28)17-7-6-8-18(13-17)24-16(2)27)14-22(15)32(29,30)26-20-9-4-5-10-21(20)31-3/h4-14,26H,1-3H3,(H,24,27)(H,25,28). The van der Waals surface area contributed by atoms with Gasteiger partial charge in [-0.2, -0.15) is 0 Å². The molecule has 0 aliphatic heterocycles. The summed E-state index contributed by atoms with van der Waals surface area (Å²) in [5, 5.41) is 5.31. The van der Waals surface area contributed by atoms with Crippen molar-refractivity contribution >= 4 is 38.9 Å². The van der Waals surface area contributed by atoms with Crippen LogP contribution < -0.4 is 20.1 Å². The zero-order chi connectivity index (χ0) is 23.3. The van der Waals surface area contributed by atoms with Crippen molar-refractivity contribution in [2.45, 2.75) is 18.7 Å². The molecule has 0 aliphatic carbocycles. The number of carbonyl (C=O) groups is 2. The molecule has 0 fully saturated rings. The van der Waals surface area contributed by atoms with E-state index in [0.717, 1.165) is 0 Å². The second-order valence-corrected chi connectivity index (χ2v) is 8.65. The monoisotopic (exact) mass is 453 g/mol. The first kappa shape index (κ1) is 22.8. The molecular weight excluding hydrogens is 430 g/mol. The van der Waals surface area contributed by atoms with Crippen molar-refractivity contribution in [3.63, 3.8) is 0 Å². The van der Waals surface area contributed by atoms with Crippen LogP contribution in [0.3, 0.4) is 0 Å². The lowest BCUT2D eigenvalue weighted by Gasteiger charge is -2.14. The van der Waals surface area contributed by atoms with Crippen LogP contribution in [0.1, 0.15) is 22.8 Å². The first-order valence-electron chi connectivity index (χ1n) is 9.65. The number of hydrogen-bond acceptors (Lipinski definition) is 5. The van der Waals surface area contributed by atoms with Crippen molar-refractivity contribution in [2.75, 3.05) is 22.5 Å². The Morgan fingerprint density at radius 3 is 2.31 bits per heavy atom. The fraction of sp³-hybridized carbons (Fsp3) is 0.130. The molecule has 3 rings (SSSR count). The average molecular weight is 454 g/mol. The van der Waals surface area contributed by atoms with Crippen LogP contribution in [0, 0.1) is 6.92 Å². The highest BCUT2D eigenvalue weighted by Gasteiger charge is 2.20. The second-order valence-electron chi connectivity index (χ2n) is 7.00. The zero-order valence-corrected chi connectivity index (χ0v) is 18.6. The Hall–Kier alpha value is -3.85. The molecule has 0 heterocycles. The number of carbonyl (C=O) groups excluding carboxylic acids is 2. The van der Waals surface area contributed by atoms with Gasteiger partial charge in [-0.1, -0.05) is 24.3 Å². The summed E-state index contributed by atoms with van der Waals surface area (Å²) in [6, 6.07) is 17.7. The highest BCUT2D eigenvalue weighted by Crippen LogP contribution is 2.28. The molecule has 0 radical (unpaired) electrons. The average Bonchev–Trinajstić information content (AvgIpc) is 2.75. The van der Waals surface area contributed by atoms with Crippen molar-refractivity contribution < 1.29 is 22.7 Å². The van der Waals surface area contributed by atoms with Crippen LogP contribution in [0.2, 0.25) is 0 Å². The van der Waals surface area contributed by atoms with E-state index in [-0.39, 0.29) is 10.8 Å². The van der Waals surface area contributed by atoms with Gasteiger partial charge in [-0.3, -0.25) is 14.3 Å². The van der Waals surface area contributed by atoms with Gasteiger partial charge in [-0.05, 0) is 55.0 Å². The number of aryl methyl sites for hydroxylation is 1. The predicted octanol–water partition coefficient (Wildman–Crippen LogP) is 4.02. The maximum atomic E-state index is 13.0. The Labute approximate surface area is 186 Å². The van der Waals surface area contributed by atoms with E-state index >= 15 is 0 Å². The molecule has 0 atom stereocenters. The summed E-state index contributed by atoms with van der Waals surface area (Å²) in [6.07, 6.45) is 0. The van der Waals surface area contributed by atoms with Crippen molar-refractivity contribution in [3.8, 4) is 5.75 Å². The lowest BCUT2D eigenvalue weighted by atomic mass is 10.1. The highest BCUT2D eigenvalue weighted by molar-refractivity contribution is 7.92. The summed E-state index contributed by atoms with van der Waals surface area (Å²) in [5.74, 6) is -0.308. The molecule has 166 valence electrons. The molecule has 3 aromatic carbocycles. The third-order valence-corrected chi connectivity index (χ3v) is 6.04. The minimum absolute atomic E-state index is 0.0215. The van der Waals surface area contributed by atoms with Gasteiger partial charge in [-0.15, -0.1) is 0 Å². The molecule has 0 aliphatic rings. The molecule has 0 spiro atoms. The van der Waals surface area contributed by atoms with Crippen molar-refractivity contribution in [1.29, 1.82) is 0 Å². The molecule has 0 aromatic heterocycles. The van der Waals surface area contributed by atoms with Gasteiger partial charge in [0.2, 0.25) is 5.91 Å². The number of para-hydroxylation sites is 2. The van der Waals surface area contributed by atoms with Gasteiger partial charge in [0.25, 0.3) is 15.9 Å². The number of ether oxygens (including phenoxy) is 1. The Kier molecular flexibility index (Phi) is 6.79. The number of benzene rings is 3. The van der Waals surface area contributed by atoms with E-state index in [0.29, 0.717) is 33.9 Å². The molecule has 32 heavy (non-hydrogen) atoms. The minimum Gasteiger partial charge on any atom is -0.495 e. The summed E-state index contributed by atoms with van der Waals surface area (Å²) < 4.78 is 33.8. The Balaban J connectivity index is 1.85. The number of methoxy groups -OCH3 is 1. The molecular formula is C23H23N3O5S. The molecule has 8 nitrogen and oxygen atoms in total. The molecule has 0 saturated carbocycles. The van der Waals surface area contributed by atoms with E-state index in [4.69, 9.17) is 4.74 Å². The van der Waals surface area contributed by atoms with Gasteiger partial charge in [0, 0.05) is 23.9 Å². The van der Waals surface area contributed by atoms with Crippen LogP contribution in [0.4, 0.5) is 17.1 Å². The summed E-state index contributed by atoms with van der Waals surface area (Å²) in [5.41, 5.74) is 1.93. The third-order valence-electron chi connectivity index (χ3n) is 4.53. The second kappa shape index (κ2) is 9.52. The maximum Gasteiger partial charge on any atom is 0.262 e. The Bertz CT molecular complexity index is 1270. The normalized spacial score (nSPS) is 10.8. The van der Waals surface area contributed by atoms with Gasteiger partial charge in [0.15, 0.2) is 0 Å². The number of hydrogen-bond donors (Lipinski definition) is 3. The largest absolute Gasteiger partial charge is 0.495 e. The van der Waals surface area contributed by atoms with Gasteiger partial charge < -0.3 is 15.4 Å². The third kappa shape index (κ3) is 5.44. The number of amides is 2. The van der Waals surface area contributed by atoms with Gasteiger partial charge in [-0.25, -0.2) is 8.42 Å². The number of sulfonamides is 1. The van der Waals surface area contributed by atoms with E-state index in [1.54, 1.807) is 61.5 Å². The van der Waals surface area contributed by atoms with Gasteiger partial charge in [0.05, 0.1) is 17.7 Å². The Morgan fingerprint density at radius 1 is 0.875 bits per heavy atom. The van der Waals surface area contributed by atoms with E-state index < -0.39 is 15.9 Å². The van der Waals surface area contributed by atoms with Crippen LogP contribution in [0.25, 0.3) is 0 Å². The van der Waals surface area contributed by atoms with Crippen LogP contribution in [0.5, 0.6) is 5.75 Å². The van der Waals surface area contributed by atoms with Crippen LogP contribution in [-0.2, 0) is 14.8 Å². The number of anilines is 3. The fourth-order valence-electron chi connectivity index (χ4n) is 3.04. The van der Waals surface area contributed by atoms with E-state index in [2.05, 4.69) is 15.4 Å². The van der Waals surface area contributed by atoms with Crippen LogP contribution in [-0.4, -0.2) is 27.3 Å². The van der Waals surface area contributed by atoms with E-state index in [1.165, 1.54) is 26.2 Å². The first-order valence-corrected chi connectivity index (χ1v) is 11.1. The smallest absolute Gasteiger partial charge is 0.262 e. The van der Waals surface area contributed by atoms with Crippen molar-refractivity contribution in [2.24, 2.45) is 0 Å².